The predicted molar refractivity (Wildman–Crippen MR) is 68.8 cm³/mol. The number of alkyl halides is 3. The van der Waals surface area contributed by atoms with Crippen molar-refractivity contribution in [1.29, 1.82) is 0 Å². The summed E-state index contributed by atoms with van der Waals surface area (Å²) < 4.78 is 39.3. The maximum Gasteiger partial charge on any atom is 0.405 e. The first-order valence-corrected chi connectivity index (χ1v) is 6.54. The minimum absolute atomic E-state index is 0.0623. The Morgan fingerprint density at radius 2 is 2.15 bits per heavy atom. The molecule has 20 heavy (non-hydrogen) atoms. The van der Waals surface area contributed by atoms with E-state index in [2.05, 4.69) is 5.43 Å². The number of nitrogens with one attached hydrogen (secondary N) is 1. The monoisotopic (exact) mass is 286 g/mol. The summed E-state index contributed by atoms with van der Waals surface area (Å²) in [5, 5.41) is 1.01. The van der Waals surface area contributed by atoms with Crippen LogP contribution in [0.4, 0.5) is 13.2 Å². The van der Waals surface area contributed by atoms with Crippen LogP contribution in [0.25, 0.3) is 0 Å². The lowest BCUT2D eigenvalue weighted by Crippen LogP contribution is -2.50. The van der Waals surface area contributed by atoms with E-state index in [9.17, 15) is 18.0 Å². The lowest BCUT2D eigenvalue weighted by molar-refractivity contribution is -0.189. The molecule has 1 aliphatic rings. The molecule has 0 bridgehead atoms. The van der Waals surface area contributed by atoms with E-state index in [0.29, 0.717) is 6.42 Å². The van der Waals surface area contributed by atoms with Gasteiger partial charge < -0.3 is 0 Å². The van der Waals surface area contributed by atoms with E-state index < -0.39 is 12.2 Å². The van der Waals surface area contributed by atoms with Gasteiger partial charge >= 0.3 is 6.18 Å². The minimum Gasteiger partial charge on any atom is -0.288 e. The number of hydrogen-bond acceptors (Lipinski definition) is 2. The van der Waals surface area contributed by atoms with Crippen LogP contribution in [-0.4, -0.2) is 29.7 Å². The van der Waals surface area contributed by atoms with Crippen molar-refractivity contribution in [1.82, 2.24) is 10.4 Å². The Hall–Kier alpha value is -1.56. The highest BCUT2D eigenvalue weighted by molar-refractivity contribution is 5.77. The van der Waals surface area contributed by atoms with Crippen LogP contribution in [-0.2, 0) is 11.2 Å². The Labute approximate surface area is 115 Å². The zero-order valence-electron chi connectivity index (χ0n) is 11.2. The third kappa shape index (κ3) is 3.72. The third-order valence-electron chi connectivity index (χ3n) is 3.39. The van der Waals surface area contributed by atoms with Crippen molar-refractivity contribution in [2.45, 2.75) is 38.4 Å². The summed E-state index contributed by atoms with van der Waals surface area (Å²) in [7, 11) is 0. The molecule has 1 aromatic carbocycles. The fourth-order valence-corrected chi connectivity index (χ4v) is 2.39. The van der Waals surface area contributed by atoms with Crippen molar-refractivity contribution in [3.05, 3.63) is 35.4 Å². The normalized spacial score (nSPS) is 18.1. The highest BCUT2D eigenvalue weighted by Gasteiger charge is 2.45. The lowest BCUT2D eigenvalue weighted by atomic mass is 10.0. The molecule has 0 saturated carbocycles. The number of nitrogens with zero attached hydrogens (tertiary/aromatic N) is 1. The SMILES string of the molecule is Cc1cccc(CC[C@H](N2CCC(=O)N2)C(F)(F)F)c1. The van der Waals surface area contributed by atoms with E-state index in [1.807, 2.05) is 31.2 Å². The van der Waals surface area contributed by atoms with Crippen LogP contribution in [0.15, 0.2) is 24.3 Å². The zero-order chi connectivity index (χ0) is 14.8. The van der Waals surface area contributed by atoms with Crippen molar-refractivity contribution in [3.8, 4) is 0 Å². The van der Waals surface area contributed by atoms with Gasteiger partial charge in [-0.25, -0.2) is 5.01 Å². The smallest absolute Gasteiger partial charge is 0.288 e. The fourth-order valence-electron chi connectivity index (χ4n) is 2.39. The zero-order valence-corrected chi connectivity index (χ0v) is 11.2. The molecule has 1 amide bonds. The largest absolute Gasteiger partial charge is 0.405 e. The average molecular weight is 286 g/mol. The molecule has 1 aliphatic heterocycles. The topological polar surface area (TPSA) is 32.3 Å². The summed E-state index contributed by atoms with van der Waals surface area (Å²) in [4.78, 5) is 11.1. The first kappa shape index (κ1) is 14.8. The van der Waals surface area contributed by atoms with Crippen LogP contribution < -0.4 is 5.43 Å². The summed E-state index contributed by atoms with van der Waals surface area (Å²) in [6.07, 6.45) is -3.95. The van der Waals surface area contributed by atoms with E-state index >= 15 is 0 Å². The molecule has 1 aromatic rings. The molecule has 1 heterocycles. The molecular weight excluding hydrogens is 269 g/mol. The standard InChI is InChI=1S/C14H17F3N2O/c1-10-3-2-4-11(9-10)5-6-12(14(15,16)17)19-8-7-13(20)18-19/h2-4,9,12H,5-8H2,1H3,(H,18,20)/t12-/m0/s1. The second-order valence-electron chi connectivity index (χ2n) is 5.06. The molecular formula is C14H17F3N2O. The van der Waals surface area contributed by atoms with Crippen LogP contribution >= 0.6 is 0 Å². The Kier molecular flexibility index (Phi) is 4.32. The number of halogens is 3. The predicted octanol–water partition coefficient (Wildman–Crippen LogP) is 2.60. The third-order valence-corrected chi connectivity index (χ3v) is 3.39. The van der Waals surface area contributed by atoms with Gasteiger partial charge in [0.25, 0.3) is 0 Å². The van der Waals surface area contributed by atoms with E-state index in [0.717, 1.165) is 16.1 Å². The number of carbonyl (C=O) groups is 1. The second-order valence-corrected chi connectivity index (χ2v) is 5.06. The number of amides is 1. The lowest BCUT2D eigenvalue weighted by Gasteiger charge is -2.28. The number of benzene rings is 1. The Morgan fingerprint density at radius 3 is 2.70 bits per heavy atom. The van der Waals surface area contributed by atoms with Crippen molar-refractivity contribution in [3.63, 3.8) is 0 Å². The van der Waals surface area contributed by atoms with Gasteiger partial charge in [-0.3, -0.25) is 10.2 Å². The molecule has 3 nitrogen and oxygen atoms in total. The second kappa shape index (κ2) is 5.83. The Bertz CT molecular complexity index is 488. The molecule has 0 spiro atoms. The number of aryl methyl sites for hydroxylation is 2. The van der Waals surface area contributed by atoms with Gasteiger partial charge in [0.05, 0.1) is 0 Å². The number of hydrazine groups is 1. The van der Waals surface area contributed by atoms with Crippen molar-refractivity contribution in [2.75, 3.05) is 6.54 Å². The van der Waals surface area contributed by atoms with E-state index in [1.165, 1.54) is 0 Å². The van der Waals surface area contributed by atoms with E-state index in [-0.39, 0.29) is 25.3 Å². The maximum atomic E-state index is 13.1. The average Bonchev–Trinajstić information content (AvgIpc) is 2.74. The number of rotatable bonds is 4. The first-order valence-electron chi connectivity index (χ1n) is 6.54. The Morgan fingerprint density at radius 1 is 1.40 bits per heavy atom. The maximum absolute atomic E-state index is 13.1. The quantitative estimate of drug-likeness (QED) is 0.922. The summed E-state index contributed by atoms with van der Waals surface area (Å²) in [5.41, 5.74) is 4.19. The minimum atomic E-state index is -4.35. The van der Waals surface area contributed by atoms with Gasteiger partial charge in [0.2, 0.25) is 5.91 Å². The van der Waals surface area contributed by atoms with E-state index in [4.69, 9.17) is 0 Å². The molecule has 1 saturated heterocycles. The van der Waals surface area contributed by atoms with Crippen LogP contribution in [0.2, 0.25) is 0 Å². The molecule has 0 radical (unpaired) electrons. The van der Waals surface area contributed by atoms with Crippen molar-refractivity contribution in [2.24, 2.45) is 0 Å². The first-order chi connectivity index (χ1) is 9.36. The van der Waals surface area contributed by atoms with Gasteiger partial charge in [-0.05, 0) is 25.3 Å². The molecule has 2 rings (SSSR count). The van der Waals surface area contributed by atoms with Crippen LogP contribution in [0.3, 0.4) is 0 Å². The summed E-state index contributed by atoms with van der Waals surface area (Å²) >= 11 is 0. The highest BCUT2D eigenvalue weighted by atomic mass is 19.4. The van der Waals surface area contributed by atoms with Gasteiger partial charge in [-0.1, -0.05) is 29.8 Å². The van der Waals surface area contributed by atoms with Gasteiger partial charge in [0, 0.05) is 13.0 Å². The molecule has 1 N–H and O–H groups in total. The highest BCUT2D eigenvalue weighted by Crippen LogP contribution is 2.29. The van der Waals surface area contributed by atoms with E-state index in [1.54, 1.807) is 0 Å². The number of hydrogen-bond donors (Lipinski definition) is 1. The number of carbonyl (C=O) groups excluding carboxylic acids is 1. The van der Waals surface area contributed by atoms with Gasteiger partial charge in [0.15, 0.2) is 0 Å². The van der Waals surface area contributed by atoms with Gasteiger partial charge in [-0.2, -0.15) is 13.2 Å². The molecule has 0 aliphatic carbocycles. The van der Waals surface area contributed by atoms with Crippen LogP contribution in [0.1, 0.15) is 24.0 Å². The van der Waals surface area contributed by atoms with Gasteiger partial charge in [0.1, 0.15) is 6.04 Å². The molecule has 110 valence electrons. The molecule has 0 aromatic heterocycles. The summed E-state index contributed by atoms with van der Waals surface area (Å²) in [6, 6.07) is 5.82. The van der Waals surface area contributed by atoms with Crippen LogP contribution in [0.5, 0.6) is 0 Å². The molecule has 1 atom stereocenters. The molecule has 0 unspecified atom stereocenters. The molecule has 6 heteroatoms. The van der Waals surface area contributed by atoms with Crippen LogP contribution in [0, 0.1) is 6.92 Å². The summed E-state index contributed by atoms with van der Waals surface area (Å²) in [6.45, 7) is 2.02. The van der Waals surface area contributed by atoms with Crippen molar-refractivity contribution < 1.29 is 18.0 Å². The van der Waals surface area contributed by atoms with Crippen molar-refractivity contribution >= 4 is 5.91 Å². The molecule has 1 fully saturated rings. The summed E-state index contributed by atoms with van der Waals surface area (Å²) in [5.74, 6) is -0.352. The van der Waals surface area contributed by atoms with Gasteiger partial charge in [-0.15, -0.1) is 0 Å². The Balaban J connectivity index is 2.03. The fraction of sp³-hybridized carbons (Fsp3) is 0.500.